The van der Waals surface area contributed by atoms with Gasteiger partial charge in [0.1, 0.15) is 0 Å². The van der Waals surface area contributed by atoms with Gasteiger partial charge >= 0.3 is 5.97 Å². The van der Waals surface area contributed by atoms with Gasteiger partial charge in [-0.25, -0.2) is 9.18 Å². The lowest BCUT2D eigenvalue weighted by Gasteiger charge is -2.07. The van der Waals surface area contributed by atoms with Crippen LogP contribution in [0, 0.1) is 18.2 Å². The lowest BCUT2D eigenvalue weighted by molar-refractivity contribution is 0.0595. The van der Waals surface area contributed by atoms with Crippen LogP contribution in [-0.2, 0) is 4.74 Å². The molecule has 0 aromatic heterocycles. The minimum absolute atomic E-state index is 0.112. The molecule has 0 radical (unpaired) electrons. The number of hydrogen-bond donors (Lipinski definition) is 1. The minimum Gasteiger partial charge on any atom is -0.465 e. The second kappa shape index (κ2) is 5.01. The summed E-state index contributed by atoms with van der Waals surface area (Å²) in [4.78, 5) is 11.1. The van der Waals surface area contributed by atoms with Gasteiger partial charge in [-0.15, -0.1) is 6.42 Å². The first kappa shape index (κ1) is 11.1. The molecule has 0 fully saturated rings. The highest BCUT2D eigenvalue weighted by molar-refractivity contribution is 5.90. The van der Waals surface area contributed by atoms with E-state index < -0.39 is 11.8 Å². The van der Waals surface area contributed by atoms with Gasteiger partial charge in [-0.2, -0.15) is 0 Å². The van der Waals surface area contributed by atoms with E-state index in [0.717, 1.165) is 0 Å². The Balaban J connectivity index is 3.01. The van der Waals surface area contributed by atoms with Crippen molar-refractivity contribution in [2.24, 2.45) is 0 Å². The summed E-state index contributed by atoms with van der Waals surface area (Å²) in [6.45, 7) is 0.196. The van der Waals surface area contributed by atoms with Gasteiger partial charge in [0.2, 0.25) is 0 Å². The van der Waals surface area contributed by atoms with Crippen molar-refractivity contribution in [3.05, 3.63) is 29.6 Å². The first-order chi connectivity index (χ1) is 7.20. The van der Waals surface area contributed by atoms with E-state index in [-0.39, 0.29) is 17.8 Å². The second-order valence-corrected chi connectivity index (χ2v) is 2.72. The van der Waals surface area contributed by atoms with Crippen molar-refractivity contribution in [2.45, 2.75) is 0 Å². The molecule has 0 amide bonds. The van der Waals surface area contributed by atoms with Gasteiger partial charge in [0.15, 0.2) is 5.82 Å². The first-order valence-electron chi connectivity index (χ1n) is 4.25. The molecule has 15 heavy (non-hydrogen) atoms. The number of methoxy groups -OCH3 is 1. The van der Waals surface area contributed by atoms with Gasteiger partial charge in [0.25, 0.3) is 0 Å². The summed E-state index contributed by atoms with van der Waals surface area (Å²) >= 11 is 0. The fraction of sp³-hybridized carbons (Fsp3) is 0.182. The van der Waals surface area contributed by atoms with Crippen LogP contribution < -0.4 is 5.32 Å². The molecule has 0 saturated carbocycles. The molecule has 1 rings (SSSR count). The maximum absolute atomic E-state index is 13.6. The zero-order valence-electron chi connectivity index (χ0n) is 8.21. The van der Waals surface area contributed by atoms with Crippen LogP contribution in [0.15, 0.2) is 18.2 Å². The van der Waals surface area contributed by atoms with E-state index >= 15 is 0 Å². The summed E-state index contributed by atoms with van der Waals surface area (Å²) in [5.41, 5.74) is 0.0790. The van der Waals surface area contributed by atoms with Crippen molar-refractivity contribution in [2.75, 3.05) is 19.0 Å². The van der Waals surface area contributed by atoms with E-state index in [1.54, 1.807) is 6.07 Å². The molecule has 4 heteroatoms. The molecule has 0 aliphatic heterocycles. The summed E-state index contributed by atoms with van der Waals surface area (Å²) in [5.74, 6) is 0.948. The summed E-state index contributed by atoms with van der Waals surface area (Å²) in [5, 5.41) is 2.66. The van der Waals surface area contributed by atoms with E-state index in [2.05, 4.69) is 16.0 Å². The molecule has 0 atom stereocenters. The smallest absolute Gasteiger partial charge is 0.340 e. The third kappa shape index (κ3) is 2.47. The van der Waals surface area contributed by atoms with Gasteiger partial charge in [-0.3, -0.25) is 0 Å². The van der Waals surface area contributed by atoms with Gasteiger partial charge in [-0.05, 0) is 12.1 Å². The molecule has 0 saturated heterocycles. The largest absolute Gasteiger partial charge is 0.465 e. The predicted octanol–water partition coefficient (Wildman–Crippen LogP) is 1.66. The van der Waals surface area contributed by atoms with Crippen LogP contribution in [0.5, 0.6) is 0 Å². The Bertz CT molecular complexity index is 410. The number of ether oxygens (including phenoxy) is 1. The Morgan fingerprint density at radius 3 is 3.00 bits per heavy atom. The highest BCUT2D eigenvalue weighted by Gasteiger charge is 2.14. The van der Waals surface area contributed by atoms with E-state index in [1.165, 1.54) is 19.2 Å². The monoisotopic (exact) mass is 207 g/mol. The van der Waals surface area contributed by atoms with Gasteiger partial charge in [0, 0.05) is 0 Å². The summed E-state index contributed by atoms with van der Waals surface area (Å²) in [7, 11) is 1.20. The van der Waals surface area contributed by atoms with Crippen molar-refractivity contribution < 1.29 is 13.9 Å². The molecule has 0 aliphatic rings. The average Bonchev–Trinajstić information content (AvgIpc) is 2.27. The number of anilines is 1. The summed E-state index contributed by atoms with van der Waals surface area (Å²) in [6, 6.07) is 4.40. The Labute approximate surface area is 87.2 Å². The lowest BCUT2D eigenvalue weighted by atomic mass is 10.2. The van der Waals surface area contributed by atoms with Gasteiger partial charge in [-0.1, -0.05) is 12.0 Å². The number of terminal acetylenes is 1. The third-order valence-corrected chi connectivity index (χ3v) is 1.78. The van der Waals surface area contributed by atoms with E-state index in [0.29, 0.717) is 0 Å². The number of hydrogen-bond acceptors (Lipinski definition) is 3. The fourth-order valence-electron chi connectivity index (χ4n) is 1.08. The Morgan fingerprint density at radius 1 is 1.67 bits per heavy atom. The van der Waals surface area contributed by atoms with Crippen LogP contribution >= 0.6 is 0 Å². The second-order valence-electron chi connectivity index (χ2n) is 2.72. The maximum atomic E-state index is 13.6. The van der Waals surface area contributed by atoms with E-state index in [4.69, 9.17) is 6.42 Å². The number of esters is 1. The molecular weight excluding hydrogens is 197 g/mol. The topological polar surface area (TPSA) is 38.3 Å². The van der Waals surface area contributed by atoms with Gasteiger partial charge < -0.3 is 10.1 Å². The highest BCUT2D eigenvalue weighted by Crippen LogP contribution is 2.18. The van der Waals surface area contributed by atoms with Crippen LogP contribution in [0.4, 0.5) is 10.1 Å². The lowest BCUT2D eigenvalue weighted by Crippen LogP contribution is -2.08. The summed E-state index contributed by atoms with van der Waals surface area (Å²) in [6.07, 6.45) is 5.02. The van der Waals surface area contributed by atoms with Crippen molar-refractivity contribution in [3.8, 4) is 12.3 Å². The standard InChI is InChI=1S/C11H10FNO2/c1-3-7-13-9-6-4-5-8(10(9)12)11(14)15-2/h1,4-6,13H,7H2,2H3. The molecule has 0 spiro atoms. The van der Waals surface area contributed by atoms with Crippen molar-refractivity contribution in [1.29, 1.82) is 0 Å². The number of rotatable bonds is 3. The van der Waals surface area contributed by atoms with Crippen LogP contribution in [-0.4, -0.2) is 19.6 Å². The first-order valence-corrected chi connectivity index (χ1v) is 4.25. The number of benzene rings is 1. The molecule has 78 valence electrons. The van der Waals surface area contributed by atoms with E-state index in [9.17, 15) is 9.18 Å². The van der Waals surface area contributed by atoms with Crippen LogP contribution in [0.3, 0.4) is 0 Å². The molecule has 0 heterocycles. The Morgan fingerprint density at radius 2 is 2.40 bits per heavy atom. The number of halogens is 1. The van der Waals surface area contributed by atoms with Crippen molar-refractivity contribution in [1.82, 2.24) is 0 Å². The Kier molecular flexibility index (Phi) is 3.69. The molecule has 0 unspecified atom stereocenters. The zero-order chi connectivity index (χ0) is 11.3. The minimum atomic E-state index is -0.711. The predicted molar refractivity (Wildman–Crippen MR) is 55.1 cm³/mol. The fourth-order valence-corrected chi connectivity index (χ4v) is 1.08. The SMILES string of the molecule is C#CCNc1cccc(C(=O)OC)c1F. The normalized spacial score (nSPS) is 9.13. The molecular formula is C11H10FNO2. The molecule has 1 aromatic rings. The third-order valence-electron chi connectivity index (χ3n) is 1.78. The van der Waals surface area contributed by atoms with E-state index in [1.807, 2.05) is 0 Å². The molecule has 1 aromatic carbocycles. The van der Waals surface area contributed by atoms with Crippen LogP contribution in [0.1, 0.15) is 10.4 Å². The quantitative estimate of drug-likeness (QED) is 0.605. The maximum Gasteiger partial charge on any atom is 0.340 e. The zero-order valence-corrected chi connectivity index (χ0v) is 8.21. The molecule has 1 N–H and O–H groups in total. The average molecular weight is 207 g/mol. The molecule has 0 aliphatic carbocycles. The number of carbonyl (C=O) groups is 1. The Hall–Kier alpha value is -2.02. The van der Waals surface area contributed by atoms with Gasteiger partial charge in [0.05, 0.1) is 24.9 Å². The van der Waals surface area contributed by atoms with Crippen molar-refractivity contribution >= 4 is 11.7 Å². The number of carbonyl (C=O) groups excluding carboxylic acids is 1. The number of nitrogens with one attached hydrogen (secondary N) is 1. The van der Waals surface area contributed by atoms with Crippen LogP contribution in [0.25, 0.3) is 0 Å². The summed E-state index contributed by atoms with van der Waals surface area (Å²) < 4.78 is 18.0. The highest BCUT2D eigenvalue weighted by atomic mass is 19.1. The van der Waals surface area contributed by atoms with Crippen LogP contribution in [0.2, 0.25) is 0 Å². The van der Waals surface area contributed by atoms with Crippen molar-refractivity contribution in [3.63, 3.8) is 0 Å². The molecule has 3 nitrogen and oxygen atoms in total. The molecule has 0 bridgehead atoms.